The first-order valence-corrected chi connectivity index (χ1v) is 6.54. The number of hydrogen-bond donors (Lipinski definition) is 0. The molecule has 1 aliphatic rings. The molecule has 1 aromatic carbocycles. The van der Waals surface area contributed by atoms with Crippen LogP contribution in [0.5, 0.6) is 0 Å². The molecule has 2 rings (SSSR count). The molecule has 0 N–H and O–H groups in total. The predicted octanol–water partition coefficient (Wildman–Crippen LogP) is 3.30. The Bertz CT molecular complexity index is 415. The third-order valence-electron chi connectivity index (χ3n) is 3.46. The van der Waals surface area contributed by atoms with E-state index in [9.17, 15) is 4.79 Å². The Balaban J connectivity index is 2.17. The second-order valence-corrected chi connectivity index (χ2v) is 5.78. The number of carbonyl (C=O) groups excluding carboxylic acids is 1. The number of carbonyl (C=O) groups is 1. The SMILES string of the molecule is C[N+]1(Cc2c(Cl)cccc2Cl)CCC(=O)CC1. The Labute approximate surface area is 112 Å². The van der Waals surface area contributed by atoms with Gasteiger partial charge in [-0.2, -0.15) is 0 Å². The van der Waals surface area contributed by atoms with Gasteiger partial charge in [0.1, 0.15) is 12.3 Å². The van der Waals surface area contributed by atoms with Gasteiger partial charge in [-0.15, -0.1) is 0 Å². The number of halogens is 2. The minimum atomic E-state index is 0.367. The highest BCUT2D eigenvalue weighted by Gasteiger charge is 2.30. The number of piperidine rings is 1. The summed E-state index contributed by atoms with van der Waals surface area (Å²) in [6, 6.07) is 5.59. The summed E-state index contributed by atoms with van der Waals surface area (Å²) in [4.78, 5) is 11.3. The summed E-state index contributed by atoms with van der Waals surface area (Å²) in [6.07, 6.45) is 1.33. The molecule has 17 heavy (non-hydrogen) atoms. The molecule has 2 nitrogen and oxygen atoms in total. The maximum atomic E-state index is 11.3. The van der Waals surface area contributed by atoms with Gasteiger partial charge in [-0.3, -0.25) is 4.79 Å². The fourth-order valence-corrected chi connectivity index (χ4v) is 2.77. The Morgan fingerprint density at radius 3 is 2.24 bits per heavy atom. The number of rotatable bonds is 2. The van der Waals surface area contributed by atoms with E-state index in [1.54, 1.807) is 0 Å². The highest BCUT2D eigenvalue weighted by atomic mass is 35.5. The van der Waals surface area contributed by atoms with Gasteiger partial charge in [0, 0.05) is 5.56 Å². The molecule has 0 amide bonds. The van der Waals surface area contributed by atoms with Gasteiger partial charge in [0.15, 0.2) is 0 Å². The standard InChI is InChI=1S/C13H16Cl2NO/c1-16(7-5-10(17)6-8-16)9-11-12(14)3-2-4-13(11)15/h2-4H,5-9H2,1H3/q+1. The lowest BCUT2D eigenvalue weighted by Crippen LogP contribution is -2.49. The van der Waals surface area contributed by atoms with Crippen molar-refractivity contribution >= 4 is 29.0 Å². The highest BCUT2D eigenvalue weighted by Crippen LogP contribution is 2.29. The van der Waals surface area contributed by atoms with Crippen molar-refractivity contribution in [3.63, 3.8) is 0 Å². The lowest BCUT2D eigenvalue weighted by atomic mass is 10.1. The molecule has 1 heterocycles. The third kappa shape index (κ3) is 3.01. The first-order valence-electron chi connectivity index (χ1n) is 5.78. The van der Waals surface area contributed by atoms with Gasteiger partial charge >= 0.3 is 0 Å². The molecule has 0 bridgehead atoms. The fraction of sp³-hybridized carbons (Fsp3) is 0.462. The van der Waals surface area contributed by atoms with Crippen molar-refractivity contribution in [2.45, 2.75) is 19.4 Å². The molecule has 0 spiro atoms. The van der Waals surface area contributed by atoms with Gasteiger partial charge in [-0.25, -0.2) is 0 Å². The number of likely N-dealkylation sites (tertiary alicyclic amines) is 1. The van der Waals surface area contributed by atoms with E-state index < -0.39 is 0 Å². The lowest BCUT2D eigenvalue weighted by molar-refractivity contribution is -0.923. The average Bonchev–Trinajstić information content (AvgIpc) is 2.29. The zero-order valence-corrected chi connectivity index (χ0v) is 11.4. The van der Waals surface area contributed by atoms with Crippen molar-refractivity contribution < 1.29 is 9.28 Å². The summed E-state index contributed by atoms with van der Waals surface area (Å²) in [6.45, 7) is 2.55. The van der Waals surface area contributed by atoms with Crippen molar-refractivity contribution in [1.82, 2.24) is 0 Å². The molecule has 92 valence electrons. The maximum absolute atomic E-state index is 11.3. The van der Waals surface area contributed by atoms with Crippen LogP contribution in [0.3, 0.4) is 0 Å². The first-order chi connectivity index (χ1) is 8.00. The molecule has 1 saturated heterocycles. The van der Waals surface area contributed by atoms with Crippen LogP contribution in [0.25, 0.3) is 0 Å². The largest absolute Gasteiger partial charge is 0.321 e. The number of Topliss-reactive ketones (excluding diaryl/α,β-unsaturated/α-hetero) is 1. The topological polar surface area (TPSA) is 17.1 Å². The summed E-state index contributed by atoms with van der Waals surface area (Å²) in [5.41, 5.74) is 0.993. The Morgan fingerprint density at radius 1 is 1.18 bits per heavy atom. The van der Waals surface area contributed by atoms with Crippen LogP contribution in [0, 0.1) is 0 Å². The summed E-state index contributed by atoms with van der Waals surface area (Å²) in [5, 5.41) is 1.43. The van der Waals surface area contributed by atoms with Crippen molar-refractivity contribution in [3.05, 3.63) is 33.8 Å². The van der Waals surface area contributed by atoms with E-state index in [4.69, 9.17) is 23.2 Å². The van der Waals surface area contributed by atoms with Crippen LogP contribution in [0.2, 0.25) is 10.0 Å². The van der Waals surface area contributed by atoms with E-state index >= 15 is 0 Å². The van der Waals surface area contributed by atoms with Crippen molar-refractivity contribution in [2.75, 3.05) is 20.1 Å². The number of quaternary nitrogens is 1. The first kappa shape index (κ1) is 12.9. The molecule has 0 saturated carbocycles. The Morgan fingerprint density at radius 2 is 1.71 bits per heavy atom. The van der Waals surface area contributed by atoms with Gasteiger partial charge in [0.2, 0.25) is 0 Å². The smallest absolute Gasteiger partial charge is 0.144 e. The maximum Gasteiger partial charge on any atom is 0.144 e. The van der Waals surface area contributed by atoms with Gasteiger partial charge < -0.3 is 4.48 Å². The molecule has 1 aromatic rings. The molecule has 4 heteroatoms. The molecule has 0 atom stereocenters. The van der Waals surface area contributed by atoms with Crippen LogP contribution in [-0.2, 0) is 11.3 Å². The van der Waals surface area contributed by atoms with Gasteiger partial charge in [-0.1, -0.05) is 29.3 Å². The van der Waals surface area contributed by atoms with Gasteiger partial charge in [0.25, 0.3) is 0 Å². The number of hydrogen-bond acceptors (Lipinski definition) is 1. The van der Waals surface area contributed by atoms with Crippen molar-refractivity contribution in [3.8, 4) is 0 Å². The third-order valence-corrected chi connectivity index (χ3v) is 4.17. The summed E-state index contributed by atoms with van der Waals surface area (Å²) in [5.74, 6) is 0.367. The Kier molecular flexibility index (Phi) is 3.76. The molecule has 0 unspecified atom stereocenters. The predicted molar refractivity (Wildman–Crippen MR) is 70.3 cm³/mol. The molecular weight excluding hydrogens is 257 g/mol. The van der Waals surface area contributed by atoms with E-state index in [0.29, 0.717) is 28.7 Å². The molecule has 0 aliphatic carbocycles. The Hall–Kier alpha value is -0.570. The quantitative estimate of drug-likeness (QED) is 0.755. The number of nitrogens with zero attached hydrogens (tertiary/aromatic N) is 1. The van der Waals surface area contributed by atoms with Crippen LogP contribution >= 0.6 is 23.2 Å². The zero-order chi connectivity index (χ0) is 12.5. The molecule has 0 aromatic heterocycles. The monoisotopic (exact) mass is 272 g/mol. The number of ketones is 1. The van der Waals surface area contributed by atoms with E-state index in [2.05, 4.69) is 7.05 Å². The summed E-state index contributed by atoms with van der Waals surface area (Å²) in [7, 11) is 2.16. The second-order valence-electron chi connectivity index (χ2n) is 4.96. The van der Waals surface area contributed by atoms with Crippen LogP contribution in [-0.4, -0.2) is 30.4 Å². The minimum Gasteiger partial charge on any atom is -0.321 e. The minimum absolute atomic E-state index is 0.367. The average molecular weight is 273 g/mol. The second kappa shape index (κ2) is 4.97. The summed E-state index contributed by atoms with van der Waals surface area (Å²) >= 11 is 12.4. The van der Waals surface area contributed by atoms with Crippen LogP contribution in [0.4, 0.5) is 0 Å². The van der Waals surface area contributed by atoms with E-state index in [-0.39, 0.29) is 0 Å². The highest BCUT2D eigenvalue weighted by molar-refractivity contribution is 6.35. The molecule has 1 aliphatic heterocycles. The van der Waals surface area contributed by atoms with Gasteiger partial charge in [-0.05, 0) is 12.1 Å². The van der Waals surface area contributed by atoms with Crippen LogP contribution in [0.15, 0.2) is 18.2 Å². The number of benzene rings is 1. The van der Waals surface area contributed by atoms with E-state index in [0.717, 1.165) is 29.7 Å². The van der Waals surface area contributed by atoms with Crippen LogP contribution in [0.1, 0.15) is 18.4 Å². The normalized spacial score (nSPS) is 19.4. The summed E-state index contributed by atoms with van der Waals surface area (Å²) < 4.78 is 0.842. The molecule has 1 fully saturated rings. The lowest BCUT2D eigenvalue weighted by Gasteiger charge is -2.37. The molecule has 0 radical (unpaired) electrons. The fourth-order valence-electron chi connectivity index (χ4n) is 2.25. The molecular formula is C13H16Cl2NO+. The van der Waals surface area contributed by atoms with E-state index in [1.165, 1.54) is 0 Å². The zero-order valence-electron chi connectivity index (χ0n) is 9.88. The van der Waals surface area contributed by atoms with E-state index in [1.807, 2.05) is 18.2 Å². The van der Waals surface area contributed by atoms with Crippen LogP contribution < -0.4 is 0 Å². The van der Waals surface area contributed by atoms with Crippen molar-refractivity contribution in [1.29, 1.82) is 0 Å². The van der Waals surface area contributed by atoms with Crippen molar-refractivity contribution in [2.24, 2.45) is 0 Å². The van der Waals surface area contributed by atoms with Gasteiger partial charge in [0.05, 0.1) is 43.0 Å².